The van der Waals surface area contributed by atoms with E-state index >= 15 is 0 Å². The molecule has 2 amide bonds. The summed E-state index contributed by atoms with van der Waals surface area (Å²) >= 11 is 0. The molecule has 32 heavy (non-hydrogen) atoms. The molecule has 0 bridgehead atoms. The Morgan fingerprint density at radius 1 is 1.00 bits per heavy atom. The van der Waals surface area contributed by atoms with Crippen molar-refractivity contribution in [1.29, 1.82) is 0 Å². The molecule has 170 valence electrons. The summed E-state index contributed by atoms with van der Waals surface area (Å²) in [6.45, 7) is 3.85. The van der Waals surface area contributed by atoms with Gasteiger partial charge in [0.25, 0.3) is 5.91 Å². The minimum Gasteiger partial charge on any atom is -0.353 e. The molecule has 0 radical (unpaired) electrons. The van der Waals surface area contributed by atoms with Gasteiger partial charge in [-0.2, -0.15) is 0 Å². The molecule has 2 aliphatic heterocycles. The Kier molecular flexibility index (Phi) is 6.97. The van der Waals surface area contributed by atoms with E-state index in [4.69, 9.17) is 0 Å². The summed E-state index contributed by atoms with van der Waals surface area (Å²) in [6, 6.07) is 8.76. The number of hydrogen-bond acceptors (Lipinski definition) is 4. The standard InChI is InChI=1S/C24H28F2N4O2/c25-19-7-8-21(26)20(16-19)24(32)30-11-3-4-18(17-30)6-9-23(31)29-14-12-28(13-15-29)22-5-1-2-10-27-22/h1-2,5,7-8,10,16,18H,3-4,6,9,11-15,17H2/t18-/m0/s1. The second-order valence-electron chi connectivity index (χ2n) is 8.48. The Hall–Kier alpha value is -3.03. The fourth-order valence-corrected chi connectivity index (χ4v) is 4.53. The van der Waals surface area contributed by atoms with Gasteiger partial charge >= 0.3 is 0 Å². The predicted octanol–water partition coefficient (Wildman–Crippen LogP) is 3.34. The van der Waals surface area contributed by atoms with E-state index in [1.807, 2.05) is 23.1 Å². The van der Waals surface area contributed by atoms with Crippen LogP contribution in [-0.2, 0) is 4.79 Å². The van der Waals surface area contributed by atoms with E-state index in [2.05, 4.69) is 9.88 Å². The number of anilines is 1. The fourth-order valence-electron chi connectivity index (χ4n) is 4.53. The van der Waals surface area contributed by atoms with Gasteiger partial charge in [-0.25, -0.2) is 13.8 Å². The molecular weight excluding hydrogens is 414 g/mol. The second kappa shape index (κ2) is 10.1. The molecule has 0 unspecified atom stereocenters. The minimum absolute atomic E-state index is 0.130. The molecule has 0 N–H and O–H groups in total. The fraction of sp³-hybridized carbons (Fsp3) is 0.458. The van der Waals surface area contributed by atoms with Crippen molar-refractivity contribution in [2.24, 2.45) is 5.92 Å². The molecule has 8 heteroatoms. The summed E-state index contributed by atoms with van der Waals surface area (Å²) in [5.74, 6) is -0.575. The Labute approximate surface area is 186 Å². The average molecular weight is 443 g/mol. The number of likely N-dealkylation sites (tertiary alicyclic amines) is 1. The molecule has 1 aromatic heterocycles. The van der Waals surface area contributed by atoms with Crippen molar-refractivity contribution in [3.63, 3.8) is 0 Å². The number of pyridine rings is 1. The van der Waals surface area contributed by atoms with Crippen molar-refractivity contribution in [1.82, 2.24) is 14.8 Å². The van der Waals surface area contributed by atoms with Gasteiger partial charge < -0.3 is 14.7 Å². The van der Waals surface area contributed by atoms with Gasteiger partial charge in [0, 0.05) is 51.9 Å². The summed E-state index contributed by atoms with van der Waals surface area (Å²) in [5.41, 5.74) is -0.229. The van der Waals surface area contributed by atoms with Gasteiger partial charge in [-0.3, -0.25) is 9.59 Å². The Balaban J connectivity index is 1.25. The molecule has 0 aliphatic carbocycles. The van der Waals surface area contributed by atoms with Crippen LogP contribution in [0.4, 0.5) is 14.6 Å². The van der Waals surface area contributed by atoms with Crippen molar-refractivity contribution in [3.05, 3.63) is 59.8 Å². The molecule has 0 spiro atoms. The van der Waals surface area contributed by atoms with E-state index in [0.717, 1.165) is 49.9 Å². The highest BCUT2D eigenvalue weighted by Gasteiger charge is 2.28. The van der Waals surface area contributed by atoms with Gasteiger partial charge in [0.15, 0.2) is 0 Å². The van der Waals surface area contributed by atoms with E-state index < -0.39 is 17.5 Å². The number of nitrogens with zero attached hydrogens (tertiary/aromatic N) is 4. The van der Waals surface area contributed by atoms with Crippen LogP contribution in [0.15, 0.2) is 42.6 Å². The van der Waals surface area contributed by atoms with Crippen LogP contribution >= 0.6 is 0 Å². The molecule has 3 heterocycles. The number of amides is 2. The minimum atomic E-state index is -0.710. The van der Waals surface area contributed by atoms with Crippen molar-refractivity contribution < 1.29 is 18.4 Å². The number of hydrogen-bond donors (Lipinski definition) is 0. The summed E-state index contributed by atoms with van der Waals surface area (Å²) in [5, 5.41) is 0. The first kappa shape index (κ1) is 22.2. The van der Waals surface area contributed by atoms with E-state index in [0.29, 0.717) is 39.0 Å². The van der Waals surface area contributed by atoms with Crippen LogP contribution in [0.2, 0.25) is 0 Å². The van der Waals surface area contributed by atoms with Crippen LogP contribution in [0.5, 0.6) is 0 Å². The smallest absolute Gasteiger partial charge is 0.256 e. The zero-order chi connectivity index (χ0) is 22.5. The Morgan fingerprint density at radius 3 is 2.56 bits per heavy atom. The first-order chi connectivity index (χ1) is 15.5. The van der Waals surface area contributed by atoms with E-state index in [1.165, 1.54) is 0 Å². The molecule has 0 saturated carbocycles. The number of rotatable bonds is 5. The maximum Gasteiger partial charge on any atom is 0.256 e. The molecule has 1 aromatic carbocycles. The van der Waals surface area contributed by atoms with E-state index in [1.54, 1.807) is 11.1 Å². The first-order valence-electron chi connectivity index (χ1n) is 11.2. The van der Waals surface area contributed by atoms with Gasteiger partial charge in [-0.05, 0) is 55.5 Å². The third kappa shape index (κ3) is 5.23. The van der Waals surface area contributed by atoms with Crippen LogP contribution in [0, 0.1) is 17.6 Å². The highest BCUT2D eigenvalue weighted by Crippen LogP contribution is 2.24. The lowest BCUT2D eigenvalue weighted by Crippen LogP contribution is -2.49. The maximum atomic E-state index is 14.0. The van der Waals surface area contributed by atoms with Crippen LogP contribution in [0.3, 0.4) is 0 Å². The maximum absolute atomic E-state index is 14.0. The van der Waals surface area contributed by atoms with Crippen LogP contribution in [0.1, 0.15) is 36.0 Å². The average Bonchev–Trinajstić information content (AvgIpc) is 2.84. The highest BCUT2D eigenvalue weighted by atomic mass is 19.1. The molecule has 2 saturated heterocycles. The van der Waals surface area contributed by atoms with Crippen molar-refractivity contribution in [3.8, 4) is 0 Å². The van der Waals surface area contributed by atoms with Gasteiger partial charge in [-0.1, -0.05) is 6.07 Å². The molecule has 2 aliphatic rings. The number of benzene rings is 1. The third-order valence-electron chi connectivity index (χ3n) is 6.34. The molecule has 6 nitrogen and oxygen atoms in total. The van der Waals surface area contributed by atoms with Gasteiger partial charge in [0.1, 0.15) is 17.5 Å². The lowest BCUT2D eigenvalue weighted by Gasteiger charge is -2.36. The zero-order valence-electron chi connectivity index (χ0n) is 18.1. The first-order valence-corrected chi connectivity index (χ1v) is 11.2. The summed E-state index contributed by atoms with van der Waals surface area (Å²) < 4.78 is 27.5. The third-order valence-corrected chi connectivity index (χ3v) is 6.34. The van der Waals surface area contributed by atoms with Gasteiger partial charge in [0.2, 0.25) is 5.91 Å². The summed E-state index contributed by atoms with van der Waals surface area (Å²) in [7, 11) is 0. The summed E-state index contributed by atoms with van der Waals surface area (Å²) in [6.07, 6.45) is 4.62. The second-order valence-corrected chi connectivity index (χ2v) is 8.48. The van der Waals surface area contributed by atoms with Crippen LogP contribution in [-0.4, -0.2) is 65.9 Å². The molecule has 1 atom stereocenters. The molecule has 2 aromatic rings. The normalized spacial score (nSPS) is 19.2. The van der Waals surface area contributed by atoms with Crippen molar-refractivity contribution in [2.45, 2.75) is 25.7 Å². The van der Waals surface area contributed by atoms with Gasteiger partial charge in [-0.15, -0.1) is 0 Å². The molecule has 2 fully saturated rings. The number of piperazine rings is 1. The number of piperidine rings is 1. The SMILES string of the molecule is O=C(CC[C@@H]1CCCN(C(=O)c2cc(F)ccc2F)C1)N1CCN(c2ccccn2)CC1. The van der Waals surface area contributed by atoms with Crippen LogP contribution in [0.25, 0.3) is 0 Å². The Morgan fingerprint density at radius 2 is 1.81 bits per heavy atom. The van der Waals surface area contributed by atoms with Crippen molar-refractivity contribution >= 4 is 17.6 Å². The summed E-state index contributed by atoms with van der Waals surface area (Å²) in [4.78, 5) is 35.4. The van der Waals surface area contributed by atoms with Crippen molar-refractivity contribution in [2.75, 3.05) is 44.2 Å². The van der Waals surface area contributed by atoms with Crippen LogP contribution < -0.4 is 4.90 Å². The quantitative estimate of drug-likeness (QED) is 0.713. The predicted molar refractivity (Wildman–Crippen MR) is 117 cm³/mol. The monoisotopic (exact) mass is 442 g/mol. The largest absolute Gasteiger partial charge is 0.353 e. The lowest BCUT2D eigenvalue weighted by atomic mass is 9.92. The number of carbonyl (C=O) groups excluding carboxylic acids is 2. The van der Waals surface area contributed by atoms with E-state index in [9.17, 15) is 18.4 Å². The number of halogens is 2. The lowest BCUT2D eigenvalue weighted by molar-refractivity contribution is -0.131. The Bertz CT molecular complexity index is 948. The molecule has 4 rings (SSSR count). The molecular formula is C24H28F2N4O2. The van der Waals surface area contributed by atoms with E-state index in [-0.39, 0.29) is 17.4 Å². The zero-order valence-corrected chi connectivity index (χ0v) is 18.1. The topological polar surface area (TPSA) is 56.8 Å². The number of aromatic nitrogens is 1. The van der Waals surface area contributed by atoms with Gasteiger partial charge in [0.05, 0.1) is 5.56 Å². The highest BCUT2D eigenvalue weighted by molar-refractivity contribution is 5.94. The number of carbonyl (C=O) groups is 2.